The first kappa shape index (κ1) is 10.4. The van der Waals surface area contributed by atoms with E-state index in [0.717, 1.165) is 24.3 Å². The van der Waals surface area contributed by atoms with Crippen molar-refractivity contribution in [1.82, 2.24) is 9.38 Å². The molecule has 4 heteroatoms. The molecule has 1 aliphatic rings. The molecule has 1 fully saturated rings. The van der Waals surface area contributed by atoms with Crippen LogP contribution in [0.25, 0.3) is 5.52 Å². The van der Waals surface area contributed by atoms with Crippen molar-refractivity contribution in [2.45, 2.75) is 26.2 Å². The number of pyridine rings is 1. The molecule has 0 saturated carbocycles. The first-order chi connectivity index (χ1) is 8.27. The molecule has 0 radical (unpaired) electrons. The highest BCUT2D eigenvalue weighted by Crippen LogP contribution is 2.25. The molecule has 3 heterocycles. The fraction of sp³-hybridized carbons (Fsp3) is 0.462. The van der Waals surface area contributed by atoms with E-state index in [0.29, 0.717) is 5.95 Å². The molecule has 0 bridgehead atoms. The van der Waals surface area contributed by atoms with E-state index >= 15 is 0 Å². The molecule has 0 unspecified atom stereocenters. The Hall–Kier alpha value is -1.71. The summed E-state index contributed by atoms with van der Waals surface area (Å²) >= 11 is 0. The van der Waals surface area contributed by atoms with E-state index in [2.05, 4.69) is 32.5 Å². The molecule has 3 rings (SSSR count). The predicted octanol–water partition coefficient (Wildman–Crippen LogP) is 2.22. The Labute approximate surface area is 101 Å². The van der Waals surface area contributed by atoms with Gasteiger partial charge in [-0.2, -0.15) is 0 Å². The van der Waals surface area contributed by atoms with Crippen LogP contribution in [0.3, 0.4) is 0 Å². The molecule has 0 aliphatic carbocycles. The Kier molecular flexibility index (Phi) is 2.42. The zero-order valence-corrected chi connectivity index (χ0v) is 10.2. The van der Waals surface area contributed by atoms with Crippen LogP contribution >= 0.6 is 0 Å². The van der Waals surface area contributed by atoms with Gasteiger partial charge < -0.3 is 10.6 Å². The lowest BCUT2D eigenvalue weighted by Crippen LogP contribution is -2.31. The van der Waals surface area contributed by atoms with Crippen molar-refractivity contribution in [3.05, 3.63) is 23.9 Å². The van der Waals surface area contributed by atoms with Gasteiger partial charge in [-0.3, -0.25) is 4.40 Å². The summed E-state index contributed by atoms with van der Waals surface area (Å²) in [6.07, 6.45) is 3.87. The molecule has 0 spiro atoms. The Morgan fingerprint density at radius 1 is 1.18 bits per heavy atom. The third-order valence-electron chi connectivity index (χ3n) is 3.53. The van der Waals surface area contributed by atoms with E-state index in [-0.39, 0.29) is 0 Å². The number of nitrogens with two attached hydrogens (primary N) is 1. The molecule has 2 N–H and O–H groups in total. The monoisotopic (exact) mass is 230 g/mol. The van der Waals surface area contributed by atoms with Gasteiger partial charge in [-0.05, 0) is 38.3 Å². The molecule has 4 nitrogen and oxygen atoms in total. The van der Waals surface area contributed by atoms with Crippen LogP contribution in [0.4, 0.5) is 11.8 Å². The van der Waals surface area contributed by atoms with Crippen LogP contribution in [0.1, 0.15) is 25.0 Å². The number of rotatable bonds is 1. The van der Waals surface area contributed by atoms with Crippen molar-refractivity contribution in [2.24, 2.45) is 0 Å². The second kappa shape index (κ2) is 3.95. The Balaban J connectivity index is 2.15. The van der Waals surface area contributed by atoms with E-state index in [9.17, 15) is 0 Å². The quantitative estimate of drug-likeness (QED) is 0.817. The standard InChI is InChI=1S/C13H18N4/c1-10-11-6-5-7-12(17(11)13(14)15-10)16-8-3-2-4-9-16/h5-7H,2-4,8-9H2,1H3,(H2,14,15). The molecular weight excluding hydrogens is 212 g/mol. The molecule has 0 amide bonds. The number of nitrogens with zero attached hydrogens (tertiary/aromatic N) is 3. The summed E-state index contributed by atoms with van der Waals surface area (Å²) in [6.45, 7) is 4.25. The molecular formula is C13H18N4. The molecule has 0 aromatic carbocycles. The van der Waals surface area contributed by atoms with Crippen molar-refractivity contribution in [3.8, 4) is 0 Å². The number of imidazole rings is 1. The van der Waals surface area contributed by atoms with E-state index in [1.165, 1.54) is 25.1 Å². The topological polar surface area (TPSA) is 46.6 Å². The second-order valence-corrected chi connectivity index (χ2v) is 4.71. The van der Waals surface area contributed by atoms with E-state index in [4.69, 9.17) is 5.73 Å². The number of hydrogen-bond donors (Lipinski definition) is 1. The molecule has 1 aliphatic heterocycles. The van der Waals surface area contributed by atoms with E-state index < -0.39 is 0 Å². The zero-order chi connectivity index (χ0) is 11.8. The first-order valence-corrected chi connectivity index (χ1v) is 6.26. The van der Waals surface area contributed by atoms with Crippen LogP contribution in [0.2, 0.25) is 0 Å². The summed E-state index contributed by atoms with van der Waals surface area (Å²) in [5, 5.41) is 0. The smallest absolute Gasteiger partial charge is 0.206 e. The van der Waals surface area contributed by atoms with Crippen LogP contribution in [0, 0.1) is 6.92 Å². The minimum absolute atomic E-state index is 0.596. The predicted molar refractivity (Wildman–Crippen MR) is 70.4 cm³/mol. The third kappa shape index (κ3) is 1.64. The highest BCUT2D eigenvalue weighted by atomic mass is 15.3. The first-order valence-electron chi connectivity index (χ1n) is 6.26. The van der Waals surface area contributed by atoms with Gasteiger partial charge in [0.1, 0.15) is 5.82 Å². The number of aryl methyl sites for hydroxylation is 1. The number of aromatic nitrogens is 2. The Bertz CT molecular complexity index is 538. The van der Waals surface area contributed by atoms with Crippen molar-refractivity contribution in [2.75, 3.05) is 23.7 Å². The van der Waals surface area contributed by atoms with Crippen LogP contribution in [-0.2, 0) is 0 Å². The van der Waals surface area contributed by atoms with Gasteiger partial charge in [0.25, 0.3) is 0 Å². The average Bonchev–Trinajstić information content (AvgIpc) is 2.66. The fourth-order valence-electron chi connectivity index (χ4n) is 2.67. The molecule has 2 aromatic rings. The summed E-state index contributed by atoms with van der Waals surface area (Å²) < 4.78 is 2.07. The summed E-state index contributed by atoms with van der Waals surface area (Å²) in [5.74, 6) is 1.78. The summed E-state index contributed by atoms with van der Waals surface area (Å²) in [6, 6.07) is 6.30. The molecule has 2 aromatic heterocycles. The van der Waals surface area contributed by atoms with Crippen LogP contribution in [0.5, 0.6) is 0 Å². The van der Waals surface area contributed by atoms with Gasteiger partial charge in [0, 0.05) is 13.1 Å². The summed E-state index contributed by atoms with van der Waals surface area (Å²) in [5.41, 5.74) is 8.13. The van der Waals surface area contributed by atoms with Crippen molar-refractivity contribution in [3.63, 3.8) is 0 Å². The Morgan fingerprint density at radius 2 is 1.94 bits per heavy atom. The van der Waals surface area contributed by atoms with Gasteiger partial charge in [-0.15, -0.1) is 0 Å². The molecule has 0 atom stereocenters. The highest BCUT2D eigenvalue weighted by molar-refractivity contribution is 5.63. The molecule has 17 heavy (non-hydrogen) atoms. The van der Waals surface area contributed by atoms with Crippen LogP contribution < -0.4 is 10.6 Å². The highest BCUT2D eigenvalue weighted by Gasteiger charge is 2.16. The third-order valence-corrected chi connectivity index (χ3v) is 3.53. The second-order valence-electron chi connectivity index (χ2n) is 4.71. The van der Waals surface area contributed by atoms with E-state index in [1.54, 1.807) is 0 Å². The number of fused-ring (bicyclic) bond motifs is 1. The Morgan fingerprint density at radius 3 is 2.71 bits per heavy atom. The van der Waals surface area contributed by atoms with Crippen molar-refractivity contribution in [1.29, 1.82) is 0 Å². The molecule has 90 valence electrons. The number of nitrogen functional groups attached to an aromatic ring is 1. The van der Waals surface area contributed by atoms with Crippen molar-refractivity contribution < 1.29 is 0 Å². The lowest BCUT2D eigenvalue weighted by Gasteiger charge is -2.29. The van der Waals surface area contributed by atoms with E-state index in [1.807, 2.05) is 6.92 Å². The normalized spacial score (nSPS) is 16.6. The van der Waals surface area contributed by atoms with Crippen LogP contribution in [0.15, 0.2) is 18.2 Å². The minimum Gasteiger partial charge on any atom is -0.369 e. The lowest BCUT2D eigenvalue weighted by atomic mass is 10.1. The van der Waals surface area contributed by atoms with Gasteiger partial charge in [-0.25, -0.2) is 4.98 Å². The summed E-state index contributed by atoms with van der Waals surface area (Å²) in [7, 11) is 0. The molecule has 1 saturated heterocycles. The maximum absolute atomic E-state index is 6.01. The van der Waals surface area contributed by atoms with Gasteiger partial charge >= 0.3 is 0 Å². The van der Waals surface area contributed by atoms with Gasteiger partial charge in [0.15, 0.2) is 0 Å². The maximum Gasteiger partial charge on any atom is 0.206 e. The van der Waals surface area contributed by atoms with Gasteiger partial charge in [0.2, 0.25) is 5.95 Å². The van der Waals surface area contributed by atoms with Gasteiger partial charge in [0.05, 0.1) is 11.2 Å². The maximum atomic E-state index is 6.01. The SMILES string of the molecule is Cc1nc(N)n2c(N3CCCCC3)cccc12. The average molecular weight is 230 g/mol. The number of hydrogen-bond acceptors (Lipinski definition) is 3. The van der Waals surface area contributed by atoms with Crippen molar-refractivity contribution >= 4 is 17.3 Å². The lowest BCUT2D eigenvalue weighted by molar-refractivity contribution is 0.572. The number of anilines is 2. The minimum atomic E-state index is 0.596. The summed E-state index contributed by atoms with van der Waals surface area (Å²) in [4.78, 5) is 6.77. The largest absolute Gasteiger partial charge is 0.369 e. The van der Waals surface area contributed by atoms with Gasteiger partial charge in [-0.1, -0.05) is 6.07 Å². The fourth-order valence-corrected chi connectivity index (χ4v) is 2.67. The number of piperidine rings is 1. The zero-order valence-electron chi connectivity index (χ0n) is 10.2. The van der Waals surface area contributed by atoms with Crippen LogP contribution in [-0.4, -0.2) is 22.5 Å².